The van der Waals surface area contributed by atoms with E-state index in [0.29, 0.717) is 34.6 Å². The molecule has 0 radical (unpaired) electrons. The van der Waals surface area contributed by atoms with Crippen LogP contribution in [0.15, 0.2) is 12.3 Å². The van der Waals surface area contributed by atoms with Crippen LogP contribution < -0.4 is 4.90 Å². The number of hydrogen-bond donors (Lipinski definition) is 0. The van der Waals surface area contributed by atoms with Gasteiger partial charge in [-0.2, -0.15) is 0 Å². The van der Waals surface area contributed by atoms with Gasteiger partial charge in [-0.3, -0.25) is 9.59 Å². The molecule has 1 saturated heterocycles. The molecule has 0 N–H and O–H groups in total. The van der Waals surface area contributed by atoms with E-state index in [1.807, 2.05) is 0 Å². The molecule has 0 bridgehead atoms. The highest BCUT2D eigenvalue weighted by molar-refractivity contribution is 8.13. The fourth-order valence-electron chi connectivity index (χ4n) is 1.96. The van der Waals surface area contributed by atoms with Crippen LogP contribution in [0.1, 0.15) is 13.3 Å². The van der Waals surface area contributed by atoms with Gasteiger partial charge in [-0.1, -0.05) is 35.0 Å². The number of amides is 1. The molecular weight excluding hydrogens is 307 g/mol. The first-order valence-corrected chi connectivity index (χ1v) is 7.46. The van der Waals surface area contributed by atoms with Crippen molar-refractivity contribution in [3.63, 3.8) is 0 Å². The van der Waals surface area contributed by atoms with Gasteiger partial charge in [0.15, 0.2) is 5.12 Å². The van der Waals surface area contributed by atoms with E-state index in [1.54, 1.807) is 4.90 Å². The second kappa shape index (κ2) is 6.11. The molecule has 0 spiro atoms. The Morgan fingerprint density at radius 3 is 2.95 bits per heavy atom. The topological polar surface area (TPSA) is 50.3 Å². The maximum atomic E-state index is 12.0. The summed E-state index contributed by atoms with van der Waals surface area (Å²) in [5.41, 5.74) is 0.575. The lowest BCUT2D eigenvalue weighted by Crippen LogP contribution is -2.25. The summed E-state index contributed by atoms with van der Waals surface area (Å²) in [7, 11) is 0. The zero-order valence-electron chi connectivity index (χ0n) is 10.2. The number of rotatable bonds is 3. The average Bonchev–Trinajstić information content (AvgIpc) is 2.68. The van der Waals surface area contributed by atoms with Crippen molar-refractivity contribution in [3.8, 4) is 0 Å². The summed E-state index contributed by atoms with van der Waals surface area (Å²) in [6.07, 6.45) is 1.93. The van der Waals surface area contributed by atoms with Crippen LogP contribution in [-0.2, 0) is 9.59 Å². The second-order valence-electron chi connectivity index (χ2n) is 4.34. The van der Waals surface area contributed by atoms with E-state index in [-0.39, 0.29) is 16.9 Å². The summed E-state index contributed by atoms with van der Waals surface area (Å²) in [5.74, 6) is 0.809. The first-order valence-electron chi connectivity index (χ1n) is 5.72. The van der Waals surface area contributed by atoms with E-state index in [4.69, 9.17) is 23.2 Å². The highest BCUT2D eigenvalue weighted by Gasteiger charge is 2.32. The van der Waals surface area contributed by atoms with Gasteiger partial charge in [-0.05, 0) is 12.0 Å². The number of halogens is 2. The summed E-state index contributed by atoms with van der Waals surface area (Å²) in [6.45, 7) is 2.08. The Kier molecular flexibility index (Phi) is 4.71. The van der Waals surface area contributed by atoms with Crippen molar-refractivity contribution in [2.75, 3.05) is 17.2 Å². The first kappa shape index (κ1) is 14.6. The van der Waals surface area contributed by atoms with Crippen LogP contribution in [-0.4, -0.2) is 28.3 Å². The summed E-state index contributed by atoms with van der Waals surface area (Å²) in [5, 5.41) is 0.773. The fraction of sp³-hybridized carbons (Fsp3) is 0.417. The van der Waals surface area contributed by atoms with Crippen LogP contribution in [0, 0.1) is 5.92 Å². The Morgan fingerprint density at radius 2 is 2.32 bits per heavy atom. The molecule has 4 nitrogen and oxygen atoms in total. The van der Waals surface area contributed by atoms with Gasteiger partial charge >= 0.3 is 0 Å². The van der Waals surface area contributed by atoms with Crippen molar-refractivity contribution in [3.05, 3.63) is 22.4 Å². The minimum Gasteiger partial charge on any atom is -0.309 e. The van der Waals surface area contributed by atoms with Crippen molar-refractivity contribution in [2.45, 2.75) is 13.3 Å². The number of pyridine rings is 1. The number of carbonyl (C=O) groups is 2. The molecule has 1 unspecified atom stereocenters. The van der Waals surface area contributed by atoms with Gasteiger partial charge < -0.3 is 4.90 Å². The Balaban J connectivity index is 2.09. The van der Waals surface area contributed by atoms with Gasteiger partial charge in [-0.25, -0.2) is 4.98 Å². The number of thioether (sulfide) groups is 1. The maximum Gasteiger partial charge on any atom is 0.227 e. The number of hydrogen-bond acceptors (Lipinski definition) is 4. The number of anilines is 1. The molecule has 0 aromatic carbocycles. The first-order chi connectivity index (χ1) is 8.97. The number of aromatic nitrogens is 1. The van der Waals surface area contributed by atoms with Gasteiger partial charge in [0.25, 0.3) is 0 Å². The van der Waals surface area contributed by atoms with Crippen LogP contribution in [0.25, 0.3) is 0 Å². The monoisotopic (exact) mass is 318 g/mol. The molecule has 2 heterocycles. The lowest BCUT2D eigenvalue weighted by molar-refractivity contribution is -0.117. The molecule has 0 aliphatic carbocycles. The molecule has 1 aliphatic rings. The number of nitrogens with zero attached hydrogens (tertiary/aromatic N) is 2. The van der Waals surface area contributed by atoms with Crippen LogP contribution in [0.4, 0.5) is 5.69 Å². The van der Waals surface area contributed by atoms with Crippen molar-refractivity contribution in [1.82, 2.24) is 4.98 Å². The smallest absolute Gasteiger partial charge is 0.227 e. The Bertz CT molecular complexity index is 524. The van der Waals surface area contributed by atoms with E-state index < -0.39 is 0 Å². The standard InChI is InChI=1S/C12H12Cl2N2O2S/c1-7(17)19-6-8-2-12(18)16(5-8)10-4-15-11(14)3-9(10)13/h3-4,8H,2,5-6H2,1H3. The fourth-order valence-corrected chi connectivity index (χ4v) is 3.12. The maximum absolute atomic E-state index is 12.0. The predicted octanol–water partition coefficient (Wildman–Crippen LogP) is 3.02. The van der Waals surface area contributed by atoms with E-state index in [0.717, 1.165) is 0 Å². The lowest BCUT2D eigenvalue weighted by Gasteiger charge is -2.17. The van der Waals surface area contributed by atoms with Crippen LogP contribution >= 0.6 is 35.0 Å². The zero-order valence-corrected chi connectivity index (χ0v) is 12.6. The Morgan fingerprint density at radius 1 is 1.58 bits per heavy atom. The molecule has 0 saturated carbocycles. The zero-order chi connectivity index (χ0) is 14.0. The van der Waals surface area contributed by atoms with Gasteiger partial charge in [0.05, 0.1) is 16.9 Å². The number of carbonyl (C=O) groups excluding carboxylic acids is 2. The molecule has 102 valence electrons. The molecule has 1 aromatic rings. The van der Waals surface area contributed by atoms with Crippen molar-refractivity contribution in [1.29, 1.82) is 0 Å². The third-order valence-electron chi connectivity index (χ3n) is 2.82. The Labute approximate surface area is 125 Å². The molecule has 1 fully saturated rings. The van der Waals surface area contributed by atoms with Gasteiger partial charge in [0, 0.05) is 25.6 Å². The largest absolute Gasteiger partial charge is 0.309 e. The Hall–Kier alpha value is -0.780. The van der Waals surface area contributed by atoms with Crippen LogP contribution in [0.2, 0.25) is 10.2 Å². The molecule has 7 heteroatoms. The third kappa shape index (κ3) is 3.61. The van der Waals surface area contributed by atoms with Crippen molar-refractivity contribution in [2.24, 2.45) is 5.92 Å². The summed E-state index contributed by atoms with van der Waals surface area (Å²) in [6, 6.07) is 1.52. The van der Waals surface area contributed by atoms with E-state index >= 15 is 0 Å². The van der Waals surface area contributed by atoms with E-state index in [1.165, 1.54) is 30.9 Å². The third-order valence-corrected chi connectivity index (χ3v) is 4.37. The summed E-state index contributed by atoms with van der Waals surface area (Å²) >= 11 is 13.1. The van der Waals surface area contributed by atoms with Crippen molar-refractivity contribution < 1.29 is 9.59 Å². The second-order valence-corrected chi connectivity index (χ2v) is 6.33. The summed E-state index contributed by atoms with van der Waals surface area (Å²) in [4.78, 5) is 28.5. The molecule has 1 atom stereocenters. The minimum absolute atomic E-state index is 0.000162. The van der Waals surface area contributed by atoms with Crippen LogP contribution in [0.5, 0.6) is 0 Å². The van der Waals surface area contributed by atoms with Crippen LogP contribution in [0.3, 0.4) is 0 Å². The van der Waals surface area contributed by atoms with Gasteiger partial charge in [0.1, 0.15) is 5.15 Å². The van der Waals surface area contributed by atoms with Crippen molar-refractivity contribution >= 4 is 51.7 Å². The molecule has 1 aromatic heterocycles. The molecule has 2 rings (SSSR count). The highest BCUT2D eigenvalue weighted by atomic mass is 35.5. The normalized spacial score (nSPS) is 19.0. The van der Waals surface area contributed by atoms with E-state index in [9.17, 15) is 9.59 Å². The molecular formula is C12H12Cl2N2O2S. The summed E-state index contributed by atoms with van der Waals surface area (Å²) < 4.78 is 0. The molecule has 1 aliphatic heterocycles. The quantitative estimate of drug-likeness (QED) is 0.804. The van der Waals surface area contributed by atoms with Gasteiger partial charge in [-0.15, -0.1) is 0 Å². The molecule has 19 heavy (non-hydrogen) atoms. The average molecular weight is 319 g/mol. The molecule has 1 amide bonds. The minimum atomic E-state index is 0.000162. The van der Waals surface area contributed by atoms with E-state index in [2.05, 4.69) is 4.98 Å². The highest BCUT2D eigenvalue weighted by Crippen LogP contribution is 2.32. The lowest BCUT2D eigenvalue weighted by atomic mass is 10.1. The SMILES string of the molecule is CC(=O)SCC1CC(=O)N(c2cnc(Cl)cc2Cl)C1. The predicted molar refractivity (Wildman–Crippen MR) is 77.9 cm³/mol. The van der Waals surface area contributed by atoms with Gasteiger partial charge in [0.2, 0.25) is 5.91 Å².